The van der Waals surface area contributed by atoms with Crippen molar-refractivity contribution in [3.63, 3.8) is 0 Å². The molecular formula is C19H14N2O2. The number of nitrogens with zero attached hydrogens (tertiary/aromatic N) is 2. The van der Waals surface area contributed by atoms with Gasteiger partial charge < -0.3 is 14.0 Å². The molecule has 0 saturated heterocycles. The maximum atomic E-state index is 9.57. The van der Waals surface area contributed by atoms with Crippen molar-refractivity contribution in [2.75, 3.05) is 6.79 Å². The zero-order valence-electron chi connectivity index (χ0n) is 12.6. The molecule has 4 nitrogen and oxygen atoms in total. The highest BCUT2D eigenvalue weighted by Crippen LogP contribution is 2.35. The van der Waals surface area contributed by atoms with Crippen LogP contribution in [-0.4, -0.2) is 11.4 Å². The summed E-state index contributed by atoms with van der Waals surface area (Å²) in [4.78, 5) is 0. The number of para-hydroxylation sites is 1. The van der Waals surface area contributed by atoms with Crippen LogP contribution in [-0.2, 0) is 7.05 Å². The van der Waals surface area contributed by atoms with Crippen molar-refractivity contribution in [1.82, 2.24) is 4.57 Å². The zero-order chi connectivity index (χ0) is 15.8. The van der Waals surface area contributed by atoms with Crippen molar-refractivity contribution in [3.05, 3.63) is 59.8 Å². The first kappa shape index (κ1) is 13.5. The van der Waals surface area contributed by atoms with Gasteiger partial charge in [0.1, 0.15) is 0 Å². The van der Waals surface area contributed by atoms with Gasteiger partial charge in [-0.25, -0.2) is 0 Å². The van der Waals surface area contributed by atoms with Crippen LogP contribution >= 0.6 is 0 Å². The van der Waals surface area contributed by atoms with Crippen LogP contribution < -0.4 is 9.47 Å². The van der Waals surface area contributed by atoms with Gasteiger partial charge >= 0.3 is 0 Å². The Hall–Kier alpha value is -3.19. The third kappa shape index (κ3) is 2.23. The van der Waals surface area contributed by atoms with E-state index in [1.807, 2.05) is 49.7 Å². The van der Waals surface area contributed by atoms with Gasteiger partial charge in [0, 0.05) is 29.7 Å². The minimum atomic E-state index is 0.230. The number of allylic oxidation sites excluding steroid dienone is 1. The maximum Gasteiger partial charge on any atom is 0.231 e. The third-order valence-electron chi connectivity index (χ3n) is 4.03. The van der Waals surface area contributed by atoms with Gasteiger partial charge in [-0.2, -0.15) is 5.26 Å². The van der Waals surface area contributed by atoms with Gasteiger partial charge in [0.25, 0.3) is 0 Å². The van der Waals surface area contributed by atoms with E-state index in [1.165, 1.54) is 0 Å². The molecule has 2 heterocycles. The average molecular weight is 302 g/mol. The molecule has 0 fully saturated rings. The molecular weight excluding hydrogens is 288 g/mol. The minimum Gasteiger partial charge on any atom is -0.454 e. The Balaban J connectivity index is 1.83. The molecule has 0 saturated carbocycles. The Kier molecular flexibility index (Phi) is 3.06. The second-order valence-corrected chi connectivity index (χ2v) is 5.45. The molecule has 0 bridgehead atoms. The Bertz CT molecular complexity index is 977. The average Bonchev–Trinajstić information content (AvgIpc) is 3.17. The van der Waals surface area contributed by atoms with Crippen molar-refractivity contribution in [3.8, 4) is 17.6 Å². The first-order valence-corrected chi connectivity index (χ1v) is 7.32. The highest BCUT2D eigenvalue weighted by atomic mass is 16.7. The van der Waals surface area contributed by atoms with Crippen molar-refractivity contribution in [2.24, 2.45) is 7.05 Å². The van der Waals surface area contributed by atoms with Crippen LogP contribution in [0.15, 0.2) is 48.7 Å². The van der Waals surface area contributed by atoms with Gasteiger partial charge in [-0.3, -0.25) is 0 Å². The number of aryl methyl sites for hydroxylation is 1. The SMILES string of the molecule is Cn1cc(/C=C(/C#N)c2ccc3c(c2)OCO3)c2ccccc21. The van der Waals surface area contributed by atoms with Crippen LogP contribution in [0.4, 0.5) is 0 Å². The minimum absolute atomic E-state index is 0.230. The van der Waals surface area contributed by atoms with E-state index in [-0.39, 0.29) is 6.79 Å². The van der Waals surface area contributed by atoms with Crippen LogP contribution in [0.25, 0.3) is 22.6 Å². The first-order valence-electron chi connectivity index (χ1n) is 7.32. The highest BCUT2D eigenvalue weighted by molar-refractivity contribution is 5.98. The molecule has 0 atom stereocenters. The van der Waals surface area contributed by atoms with Gasteiger partial charge in [0.05, 0.1) is 11.6 Å². The fourth-order valence-electron chi connectivity index (χ4n) is 2.89. The van der Waals surface area contributed by atoms with Gasteiger partial charge in [-0.1, -0.05) is 18.2 Å². The summed E-state index contributed by atoms with van der Waals surface area (Å²) < 4.78 is 12.8. The van der Waals surface area contributed by atoms with E-state index in [4.69, 9.17) is 9.47 Å². The number of rotatable bonds is 2. The number of hydrogen-bond donors (Lipinski definition) is 0. The molecule has 0 unspecified atom stereocenters. The molecule has 4 rings (SSSR count). The van der Waals surface area contributed by atoms with Crippen molar-refractivity contribution in [1.29, 1.82) is 5.26 Å². The number of nitriles is 1. The van der Waals surface area contributed by atoms with E-state index in [2.05, 4.69) is 22.8 Å². The van der Waals surface area contributed by atoms with E-state index < -0.39 is 0 Å². The predicted octanol–water partition coefficient (Wildman–Crippen LogP) is 3.97. The van der Waals surface area contributed by atoms with Gasteiger partial charge in [0.15, 0.2) is 11.5 Å². The second-order valence-electron chi connectivity index (χ2n) is 5.45. The van der Waals surface area contributed by atoms with Gasteiger partial charge in [-0.05, 0) is 35.9 Å². The maximum absolute atomic E-state index is 9.57. The first-order chi connectivity index (χ1) is 11.3. The summed E-state index contributed by atoms with van der Waals surface area (Å²) in [5.74, 6) is 1.40. The lowest BCUT2D eigenvalue weighted by Gasteiger charge is -2.01. The molecule has 0 aliphatic carbocycles. The topological polar surface area (TPSA) is 47.2 Å². The predicted molar refractivity (Wildman–Crippen MR) is 89.0 cm³/mol. The fourth-order valence-corrected chi connectivity index (χ4v) is 2.89. The molecule has 1 aromatic heterocycles. The quantitative estimate of drug-likeness (QED) is 0.673. The van der Waals surface area contributed by atoms with E-state index in [0.29, 0.717) is 11.3 Å². The molecule has 4 heteroatoms. The summed E-state index contributed by atoms with van der Waals surface area (Å²) in [5.41, 5.74) is 3.59. The van der Waals surface area contributed by atoms with Crippen LogP contribution in [0.2, 0.25) is 0 Å². The lowest BCUT2D eigenvalue weighted by Crippen LogP contribution is -1.92. The summed E-state index contributed by atoms with van der Waals surface area (Å²) in [6.45, 7) is 0.230. The second kappa shape index (κ2) is 5.22. The molecule has 2 aromatic carbocycles. The van der Waals surface area contributed by atoms with E-state index in [9.17, 15) is 5.26 Å². The lowest BCUT2D eigenvalue weighted by molar-refractivity contribution is 0.174. The molecule has 0 radical (unpaired) electrons. The Labute approximate surface area is 133 Å². The van der Waals surface area contributed by atoms with Crippen LogP contribution in [0, 0.1) is 11.3 Å². The van der Waals surface area contributed by atoms with Crippen molar-refractivity contribution < 1.29 is 9.47 Å². The van der Waals surface area contributed by atoms with Crippen LogP contribution in [0.3, 0.4) is 0 Å². The van der Waals surface area contributed by atoms with E-state index in [1.54, 1.807) is 0 Å². The molecule has 1 aliphatic rings. The molecule has 1 aliphatic heterocycles. The smallest absolute Gasteiger partial charge is 0.231 e. The Morgan fingerprint density at radius 2 is 2.00 bits per heavy atom. The molecule has 23 heavy (non-hydrogen) atoms. The molecule has 0 spiro atoms. The number of fused-ring (bicyclic) bond motifs is 2. The van der Waals surface area contributed by atoms with Crippen LogP contribution in [0.5, 0.6) is 11.5 Å². The number of hydrogen-bond acceptors (Lipinski definition) is 3. The largest absolute Gasteiger partial charge is 0.454 e. The summed E-state index contributed by atoms with van der Waals surface area (Å²) in [6.07, 6.45) is 3.95. The Morgan fingerprint density at radius 1 is 1.17 bits per heavy atom. The molecule has 0 N–H and O–H groups in total. The van der Waals surface area contributed by atoms with Gasteiger partial charge in [-0.15, -0.1) is 0 Å². The number of ether oxygens (including phenoxy) is 2. The normalized spacial score (nSPS) is 13.3. The van der Waals surface area contributed by atoms with Crippen molar-refractivity contribution in [2.45, 2.75) is 0 Å². The molecule has 112 valence electrons. The zero-order valence-corrected chi connectivity index (χ0v) is 12.6. The summed E-state index contributed by atoms with van der Waals surface area (Å²) in [7, 11) is 2.01. The third-order valence-corrected chi connectivity index (χ3v) is 4.03. The Morgan fingerprint density at radius 3 is 2.87 bits per heavy atom. The van der Waals surface area contributed by atoms with Crippen LogP contribution in [0.1, 0.15) is 11.1 Å². The van der Waals surface area contributed by atoms with E-state index in [0.717, 1.165) is 27.8 Å². The summed E-state index contributed by atoms with van der Waals surface area (Å²) >= 11 is 0. The summed E-state index contributed by atoms with van der Waals surface area (Å²) in [5, 5.41) is 10.7. The van der Waals surface area contributed by atoms with Crippen molar-refractivity contribution >= 4 is 22.6 Å². The molecule has 0 amide bonds. The lowest BCUT2D eigenvalue weighted by atomic mass is 10.0. The number of aromatic nitrogens is 1. The highest BCUT2D eigenvalue weighted by Gasteiger charge is 2.15. The monoisotopic (exact) mass is 302 g/mol. The molecule has 3 aromatic rings. The fraction of sp³-hybridized carbons (Fsp3) is 0.105. The standard InChI is InChI=1S/C19H14N2O2/c1-21-11-15(16-4-2-3-5-17(16)21)8-14(10-20)13-6-7-18-19(9-13)23-12-22-18/h2-9,11H,12H2,1H3/b14-8-. The van der Waals surface area contributed by atoms with Gasteiger partial charge in [0.2, 0.25) is 6.79 Å². The van der Waals surface area contributed by atoms with E-state index >= 15 is 0 Å². The number of benzene rings is 2. The summed E-state index contributed by atoms with van der Waals surface area (Å²) in [6, 6.07) is 16.0.